The van der Waals surface area contributed by atoms with Gasteiger partial charge in [-0.3, -0.25) is 4.79 Å². The fourth-order valence-corrected chi connectivity index (χ4v) is 5.81. The number of thiophene rings is 1. The number of nitrogens with zero attached hydrogens (tertiary/aromatic N) is 1. The second kappa shape index (κ2) is 10.7. The molecular weight excluding hydrogens is 606 g/mol. The van der Waals surface area contributed by atoms with Gasteiger partial charge in [0.25, 0.3) is 5.60 Å². The van der Waals surface area contributed by atoms with Gasteiger partial charge in [0, 0.05) is 11.1 Å². The van der Waals surface area contributed by atoms with E-state index in [1.165, 1.54) is 0 Å². The Bertz CT molecular complexity index is 1320. The van der Waals surface area contributed by atoms with E-state index >= 15 is 0 Å². The largest absolute Gasteiger partial charge is 0.435 e. The lowest BCUT2D eigenvalue weighted by Gasteiger charge is -2.29. The van der Waals surface area contributed by atoms with E-state index in [4.69, 9.17) is 32.8 Å². The molecule has 1 aliphatic heterocycles. The molecule has 0 saturated carbocycles. The van der Waals surface area contributed by atoms with Gasteiger partial charge in [0.15, 0.2) is 10.9 Å². The van der Waals surface area contributed by atoms with E-state index in [0.717, 1.165) is 23.5 Å². The molecule has 0 unspecified atom stereocenters. The number of hydrogen-bond donors (Lipinski definition) is 2. The lowest BCUT2D eigenvalue weighted by molar-refractivity contribution is -0.275. The molecule has 39 heavy (non-hydrogen) atoms. The first-order valence-corrected chi connectivity index (χ1v) is 12.6. The molecule has 0 fully saturated rings. The van der Waals surface area contributed by atoms with Crippen LogP contribution < -0.4 is 15.4 Å². The molecule has 2 N–H and O–H groups in total. The van der Waals surface area contributed by atoms with E-state index < -0.39 is 70.9 Å². The highest BCUT2D eigenvalue weighted by atomic mass is 35.5. The summed E-state index contributed by atoms with van der Waals surface area (Å²) in [5.41, 5.74) is -2.53. The highest BCUT2D eigenvalue weighted by Crippen LogP contribution is 2.52. The molecule has 0 saturated heterocycles. The van der Waals surface area contributed by atoms with Crippen LogP contribution in [0.15, 0.2) is 17.3 Å². The molecule has 0 radical (unpaired) electrons. The van der Waals surface area contributed by atoms with E-state index in [1.54, 1.807) is 5.32 Å². The number of ether oxygens (including phenoxy) is 1. The second-order valence-corrected chi connectivity index (χ2v) is 10.3. The first-order chi connectivity index (χ1) is 18.1. The van der Waals surface area contributed by atoms with E-state index in [-0.39, 0.29) is 15.7 Å². The Balaban J connectivity index is 1.53. The van der Waals surface area contributed by atoms with Crippen molar-refractivity contribution >= 4 is 52.3 Å². The fourth-order valence-electron chi connectivity index (χ4n) is 4.10. The highest BCUT2D eigenvalue weighted by molar-refractivity contribution is 7.16. The normalized spacial score (nSPS) is 18.8. The summed E-state index contributed by atoms with van der Waals surface area (Å²) in [6, 6.07) is 1.52. The third-order valence-corrected chi connectivity index (χ3v) is 7.65. The lowest BCUT2D eigenvalue weighted by Crippen LogP contribution is -2.42. The van der Waals surface area contributed by atoms with Gasteiger partial charge in [0.1, 0.15) is 18.8 Å². The van der Waals surface area contributed by atoms with Crippen LogP contribution in [0.4, 0.5) is 35.5 Å². The van der Waals surface area contributed by atoms with Gasteiger partial charge in [-0.2, -0.15) is 26.3 Å². The lowest BCUT2D eigenvalue weighted by atomic mass is 9.87. The number of fused-ring (bicyclic) bond motifs is 1. The summed E-state index contributed by atoms with van der Waals surface area (Å²) in [5, 5.41) is 6.03. The summed E-state index contributed by atoms with van der Waals surface area (Å²) >= 11 is 12.3. The number of rotatable bonds is 6. The summed E-state index contributed by atoms with van der Waals surface area (Å²) in [5.74, 6) is -2.20. The Morgan fingerprint density at radius 1 is 1.08 bits per heavy atom. The van der Waals surface area contributed by atoms with Crippen molar-refractivity contribution in [3.8, 4) is 5.06 Å². The molecular formula is C22H16Cl2F7N3O4S. The number of benzene rings is 1. The Labute approximate surface area is 229 Å². The highest BCUT2D eigenvalue weighted by Gasteiger charge is 2.63. The SMILES string of the molecule is O=C(CNC(=O)Oc1sc(C2=NO[C@@](c3cc(Cl)c(F)c(Cl)c3)(C(F)(F)F)C2)c2c1CCC2)NCC(F)(F)F. The number of hydrogen-bond acceptors (Lipinski definition) is 6. The molecule has 2 aromatic rings. The first kappa shape index (κ1) is 29.2. The van der Waals surface area contributed by atoms with Gasteiger partial charge in [-0.05, 0) is 37.0 Å². The number of halogens is 9. The zero-order chi connectivity index (χ0) is 28.8. The average molecular weight is 622 g/mol. The summed E-state index contributed by atoms with van der Waals surface area (Å²) in [6.07, 6.45) is -10.1. The van der Waals surface area contributed by atoms with Crippen molar-refractivity contribution in [1.82, 2.24) is 10.6 Å². The van der Waals surface area contributed by atoms with Crippen LogP contribution in [-0.2, 0) is 28.1 Å². The van der Waals surface area contributed by atoms with Crippen molar-refractivity contribution in [3.05, 3.63) is 49.6 Å². The standard InChI is InChI=1S/C22H16Cl2F7N3O4S/c23-12-4-9(5-13(24)16(12)25)20(22(29,30)31)6-14(34-38-20)17-10-2-1-3-11(10)18(39-17)37-19(36)32-7-15(35)33-8-21(26,27)28/h4-5H,1-3,6-8H2,(H,32,36)(H,33,35)/t20-/m0/s1. The van der Waals surface area contributed by atoms with Gasteiger partial charge in [-0.25, -0.2) is 9.18 Å². The Morgan fingerprint density at radius 3 is 2.33 bits per heavy atom. The van der Waals surface area contributed by atoms with Crippen LogP contribution >= 0.6 is 34.5 Å². The summed E-state index contributed by atoms with van der Waals surface area (Å²) in [6.45, 7) is -2.38. The molecule has 2 heterocycles. The third kappa shape index (κ3) is 6.04. The Kier molecular flexibility index (Phi) is 7.98. The van der Waals surface area contributed by atoms with Gasteiger partial charge in [0.2, 0.25) is 5.91 Å². The zero-order valence-corrected chi connectivity index (χ0v) is 21.6. The van der Waals surface area contributed by atoms with E-state index in [2.05, 4.69) is 5.16 Å². The van der Waals surface area contributed by atoms with Crippen LogP contribution in [0.1, 0.15) is 34.4 Å². The molecule has 1 aliphatic carbocycles. The summed E-state index contributed by atoms with van der Waals surface area (Å²) in [4.78, 5) is 28.9. The number of nitrogens with one attached hydrogen (secondary N) is 2. The van der Waals surface area contributed by atoms with Crippen molar-refractivity contribution in [3.63, 3.8) is 0 Å². The van der Waals surface area contributed by atoms with Crippen LogP contribution in [-0.4, -0.2) is 43.2 Å². The summed E-state index contributed by atoms with van der Waals surface area (Å²) < 4.78 is 98.6. The molecule has 4 rings (SSSR count). The Morgan fingerprint density at radius 2 is 1.72 bits per heavy atom. The maximum atomic E-state index is 14.3. The fraction of sp³-hybridized carbons (Fsp3) is 0.409. The first-order valence-electron chi connectivity index (χ1n) is 11.0. The van der Waals surface area contributed by atoms with Crippen molar-refractivity contribution < 1.29 is 49.9 Å². The van der Waals surface area contributed by atoms with Crippen molar-refractivity contribution in [2.75, 3.05) is 13.1 Å². The molecule has 0 spiro atoms. The van der Waals surface area contributed by atoms with Crippen molar-refractivity contribution in [1.29, 1.82) is 0 Å². The number of amides is 2. The maximum Gasteiger partial charge on any atom is 0.435 e. The van der Waals surface area contributed by atoms with E-state index in [0.29, 0.717) is 30.4 Å². The van der Waals surface area contributed by atoms with Gasteiger partial charge in [-0.15, -0.1) is 0 Å². The minimum absolute atomic E-state index is 0.0331. The molecule has 1 aromatic carbocycles. The molecule has 17 heteroatoms. The van der Waals surface area contributed by atoms with Gasteiger partial charge < -0.3 is 20.2 Å². The second-order valence-electron chi connectivity index (χ2n) is 8.55. The van der Waals surface area contributed by atoms with E-state index in [1.807, 2.05) is 5.32 Å². The third-order valence-electron chi connectivity index (χ3n) is 5.90. The van der Waals surface area contributed by atoms with Crippen molar-refractivity contribution in [2.24, 2.45) is 5.16 Å². The number of oxime groups is 1. The monoisotopic (exact) mass is 621 g/mol. The zero-order valence-electron chi connectivity index (χ0n) is 19.3. The van der Waals surface area contributed by atoms with Gasteiger partial charge in [-0.1, -0.05) is 39.7 Å². The van der Waals surface area contributed by atoms with Crippen LogP contribution in [0.25, 0.3) is 0 Å². The molecule has 2 aliphatic rings. The van der Waals surface area contributed by atoms with Gasteiger partial charge >= 0.3 is 18.4 Å². The minimum atomic E-state index is -5.02. The number of carbonyl (C=O) groups is 2. The quantitative estimate of drug-likeness (QED) is 0.304. The number of alkyl halides is 6. The Hall–Kier alpha value is -2.78. The molecule has 212 valence electrons. The van der Waals surface area contributed by atoms with Crippen molar-refractivity contribution in [2.45, 2.75) is 43.6 Å². The topological polar surface area (TPSA) is 89.0 Å². The maximum absolute atomic E-state index is 14.3. The van der Waals surface area contributed by atoms with Crippen LogP contribution in [0.3, 0.4) is 0 Å². The molecule has 0 bridgehead atoms. The smallest absolute Gasteiger partial charge is 0.399 e. The predicted molar refractivity (Wildman–Crippen MR) is 126 cm³/mol. The number of carbonyl (C=O) groups excluding carboxylic acids is 2. The molecule has 2 amide bonds. The van der Waals surface area contributed by atoms with Gasteiger partial charge in [0.05, 0.1) is 21.3 Å². The van der Waals surface area contributed by atoms with Crippen LogP contribution in [0.2, 0.25) is 10.0 Å². The van der Waals surface area contributed by atoms with Crippen LogP contribution in [0, 0.1) is 5.82 Å². The molecule has 7 nitrogen and oxygen atoms in total. The minimum Gasteiger partial charge on any atom is -0.399 e. The van der Waals surface area contributed by atoms with Crippen LogP contribution in [0.5, 0.6) is 5.06 Å². The molecule has 1 aromatic heterocycles. The predicted octanol–water partition coefficient (Wildman–Crippen LogP) is 6.03. The molecule has 1 atom stereocenters. The average Bonchev–Trinajstić information content (AvgIpc) is 3.56. The van der Waals surface area contributed by atoms with E-state index in [9.17, 15) is 40.3 Å². The summed E-state index contributed by atoms with van der Waals surface area (Å²) in [7, 11) is 0.